The third kappa shape index (κ3) is 3.41. The number of carbonyl (C=O) groups is 1. The molecule has 0 aliphatic rings. The summed E-state index contributed by atoms with van der Waals surface area (Å²) in [5.74, 6) is 0.314. The Morgan fingerprint density at radius 2 is 1.67 bits per heavy atom. The lowest BCUT2D eigenvalue weighted by atomic mass is 10.1. The first kappa shape index (κ1) is 17.2. The molecule has 1 N–H and O–H groups in total. The van der Waals surface area contributed by atoms with Gasteiger partial charge in [0.1, 0.15) is 5.75 Å². The summed E-state index contributed by atoms with van der Waals surface area (Å²) < 4.78 is 5.43. The van der Waals surface area contributed by atoms with Crippen LogP contribution in [-0.2, 0) is 0 Å². The molecule has 0 unspecified atom stereocenters. The van der Waals surface area contributed by atoms with Gasteiger partial charge < -0.3 is 4.74 Å². The van der Waals surface area contributed by atoms with Crippen LogP contribution in [0.4, 0.5) is 5.13 Å². The molecule has 27 heavy (non-hydrogen) atoms. The zero-order chi connectivity index (χ0) is 18.8. The number of carbonyl (C=O) groups excluding carboxylic acids is 1. The lowest BCUT2D eigenvalue weighted by Crippen LogP contribution is -2.13. The molecule has 5 heteroatoms. The first-order chi connectivity index (χ1) is 13.2. The minimum atomic E-state index is -0.231. The van der Waals surface area contributed by atoms with E-state index in [1.54, 1.807) is 7.11 Å². The Balaban J connectivity index is 1.66. The van der Waals surface area contributed by atoms with Crippen LogP contribution in [0, 0.1) is 6.92 Å². The fraction of sp³-hybridized carbons (Fsp3) is 0.0909. The Kier molecular flexibility index (Phi) is 4.60. The van der Waals surface area contributed by atoms with Crippen molar-refractivity contribution in [3.63, 3.8) is 0 Å². The molecule has 0 aliphatic heterocycles. The van der Waals surface area contributed by atoms with E-state index in [4.69, 9.17) is 4.74 Å². The second-order valence-electron chi connectivity index (χ2n) is 6.14. The van der Waals surface area contributed by atoms with Gasteiger partial charge in [-0.05, 0) is 29.8 Å². The number of benzene rings is 3. The molecule has 1 amide bonds. The molecule has 0 aliphatic carbocycles. The summed E-state index contributed by atoms with van der Waals surface area (Å²) in [6.45, 7) is 2.01. The molecule has 0 saturated heterocycles. The Morgan fingerprint density at radius 3 is 2.37 bits per heavy atom. The van der Waals surface area contributed by atoms with Crippen molar-refractivity contribution >= 4 is 33.1 Å². The van der Waals surface area contributed by atoms with Crippen molar-refractivity contribution in [2.75, 3.05) is 12.4 Å². The van der Waals surface area contributed by atoms with Crippen LogP contribution in [0.3, 0.4) is 0 Å². The summed E-state index contributed by atoms with van der Waals surface area (Å²) in [5.41, 5.74) is 2.42. The van der Waals surface area contributed by atoms with E-state index >= 15 is 0 Å². The van der Waals surface area contributed by atoms with Gasteiger partial charge in [-0.1, -0.05) is 54.6 Å². The number of hydrogen-bond donors (Lipinski definition) is 1. The molecule has 4 rings (SSSR count). The van der Waals surface area contributed by atoms with E-state index in [2.05, 4.69) is 10.3 Å². The lowest BCUT2D eigenvalue weighted by molar-refractivity contribution is 0.102. The lowest BCUT2D eigenvalue weighted by Gasteiger charge is -2.10. The van der Waals surface area contributed by atoms with Crippen molar-refractivity contribution < 1.29 is 9.53 Å². The minimum Gasteiger partial charge on any atom is -0.496 e. The molecule has 0 atom stereocenters. The van der Waals surface area contributed by atoms with E-state index < -0.39 is 0 Å². The SMILES string of the molecule is COc1cc2ccccc2cc1C(=O)Nc1nc(-c2ccccc2)c(C)s1. The number of nitrogens with one attached hydrogen (secondary N) is 1. The standard InChI is InChI=1S/C22H18N2O2S/c1-14-20(15-8-4-3-5-9-15)23-22(27-14)24-21(25)18-12-16-10-6-7-11-17(16)13-19(18)26-2/h3-13H,1-2H3,(H,23,24,25). The first-order valence-electron chi connectivity index (χ1n) is 8.56. The van der Waals surface area contributed by atoms with Gasteiger partial charge in [0.25, 0.3) is 5.91 Å². The molecular formula is C22H18N2O2S. The predicted molar refractivity (Wildman–Crippen MR) is 111 cm³/mol. The van der Waals surface area contributed by atoms with Gasteiger partial charge in [-0.25, -0.2) is 4.98 Å². The van der Waals surface area contributed by atoms with Crippen LogP contribution < -0.4 is 10.1 Å². The number of hydrogen-bond acceptors (Lipinski definition) is 4. The van der Waals surface area contributed by atoms with E-state index in [1.165, 1.54) is 11.3 Å². The zero-order valence-electron chi connectivity index (χ0n) is 15.0. The maximum atomic E-state index is 12.9. The van der Waals surface area contributed by atoms with E-state index in [9.17, 15) is 4.79 Å². The fourth-order valence-electron chi connectivity index (χ4n) is 3.04. The maximum Gasteiger partial charge on any atom is 0.261 e. The molecule has 4 nitrogen and oxygen atoms in total. The van der Waals surface area contributed by atoms with Crippen LogP contribution in [-0.4, -0.2) is 18.0 Å². The van der Waals surface area contributed by atoms with Crippen molar-refractivity contribution in [2.24, 2.45) is 0 Å². The van der Waals surface area contributed by atoms with Gasteiger partial charge in [0.2, 0.25) is 0 Å². The third-order valence-electron chi connectivity index (χ3n) is 4.38. The van der Waals surface area contributed by atoms with Gasteiger partial charge in [0.15, 0.2) is 5.13 Å². The highest BCUT2D eigenvalue weighted by molar-refractivity contribution is 7.16. The number of ether oxygens (including phenoxy) is 1. The van der Waals surface area contributed by atoms with Gasteiger partial charge in [-0.15, -0.1) is 11.3 Å². The molecular weight excluding hydrogens is 356 g/mol. The summed E-state index contributed by atoms with van der Waals surface area (Å²) in [6.07, 6.45) is 0. The summed E-state index contributed by atoms with van der Waals surface area (Å²) in [7, 11) is 1.57. The number of fused-ring (bicyclic) bond motifs is 1. The number of aryl methyl sites for hydroxylation is 1. The second kappa shape index (κ2) is 7.21. The van der Waals surface area contributed by atoms with Crippen LogP contribution >= 0.6 is 11.3 Å². The topological polar surface area (TPSA) is 51.2 Å². The van der Waals surface area contributed by atoms with E-state index in [-0.39, 0.29) is 5.91 Å². The number of thiazole rings is 1. The van der Waals surface area contributed by atoms with Crippen LogP contribution in [0.5, 0.6) is 5.75 Å². The van der Waals surface area contributed by atoms with Gasteiger partial charge >= 0.3 is 0 Å². The molecule has 134 valence electrons. The average molecular weight is 374 g/mol. The van der Waals surface area contributed by atoms with E-state index in [0.717, 1.165) is 26.9 Å². The minimum absolute atomic E-state index is 0.231. The first-order valence-corrected chi connectivity index (χ1v) is 9.38. The van der Waals surface area contributed by atoms with Crippen LogP contribution in [0.25, 0.3) is 22.0 Å². The quantitative estimate of drug-likeness (QED) is 0.511. The van der Waals surface area contributed by atoms with Gasteiger partial charge in [0.05, 0.1) is 18.4 Å². The van der Waals surface area contributed by atoms with Crippen LogP contribution in [0.1, 0.15) is 15.2 Å². The van der Waals surface area contributed by atoms with E-state index in [0.29, 0.717) is 16.4 Å². The number of anilines is 1. The normalized spacial score (nSPS) is 10.7. The van der Waals surface area contributed by atoms with Gasteiger partial charge in [-0.3, -0.25) is 10.1 Å². The highest BCUT2D eigenvalue weighted by Crippen LogP contribution is 2.32. The molecule has 0 spiro atoms. The average Bonchev–Trinajstić information content (AvgIpc) is 3.07. The highest BCUT2D eigenvalue weighted by atomic mass is 32.1. The zero-order valence-corrected chi connectivity index (χ0v) is 15.8. The smallest absolute Gasteiger partial charge is 0.261 e. The van der Waals surface area contributed by atoms with Crippen molar-refractivity contribution in [1.82, 2.24) is 4.98 Å². The molecule has 0 fully saturated rings. The largest absolute Gasteiger partial charge is 0.496 e. The maximum absolute atomic E-state index is 12.9. The molecule has 0 bridgehead atoms. The summed E-state index contributed by atoms with van der Waals surface area (Å²) in [4.78, 5) is 18.5. The van der Waals surface area contributed by atoms with Gasteiger partial charge in [0, 0.05) is 10.4 Å². The molecule has 1 heterocycles. The Morgan fingerprint density at radius 1 is 1.00 bits per heavy atom. The molecule has 4 aromatic rings. The second-order valence-corrected chi connectivity index (χ2v) is 7.35. The van der Waals surface area contributed by atoms with Crippen LogP contribution in [0.2, 0.25) is 0 Å². The number of methoxy groups -OCH3 is 1. The number of amides is 1. The molecule has 0 radical (unpaired) electrons. The number of aromatic nitrogens is 1. The summed E-state index contributed by atoms with van der Waals surface area (Å²) in [5, 5.41) is 5.51. The van der Waals surface area contributed by atoms with Gasteiger partial charge in [-0.2, -0.15) is 0 Å². The van der Waals surface area contributed by atoms with Crippen molar-refractivity contribution in [1.29, 1.82) is 0 Å². The molecule has 1 aromatic heterocycles. The third-order valence-corrected chi connectivity index (χ3v) is 5.26. The van der Waals surface area contributed by atoms with Crippen LogP contribution in [0.15, 0.2) is 66.7 Å². The highest BCUT2D eigenvalue weighted by Gasteiger charge is 2.17. The Bertz CT molecular complexity index is 1120. The van der Waals surface area contributed by atoms with E-state index in [1.807, 2.05) is 73.7 Å². The fourth-order valence-corrected chi connectivity index (χ4v) is 3.87. The molecule has 0 saturated carbocycles. The Hall–Kier alpha value is -3.18. The van der Waals surface area contributed by atoms with Crippen molar-refractivity contribution in [2.45, 2.75) is 6.92 Å². The molecule has 3 aromatic carbocycles. The van der Waals surface area contributed by atoms with Crippen molar-refractivity contribution in [3.8, 4) is 17.0 Å². The summed E-state index contributed by atoms with van der Waals surface area (Å²) >= 11 is 1.47. The monoisotopic (exact) mass is 374 g/mol. The summed E-state index contributed by atoms with van der Waals surface area (Å²) in [6, 6.07) is 21.6. The number of rotatable bonds is 4. The number of nitrogens with zero attached hydrogens (tertiary/aromatic N) is 1. The predicted octanol–water partition coefficient (Wildman–Crippen LogP) is 5.53. The van der Waals surface area contributed by atoms with Crippen molar-refractivity contribution in [3.05, 3.63) is 77.2 Å². The Labute approximate surface area is 161 Å².